The maximum Gasteiger partial charge on any atom is 0.257 e. The average Bonchev–Trinajstić information content (AvgIpc) is 3.05. The Hall–Kier alpha value is -2.63. The number of halogens is 2. The number of carbonyl (C=O) groups is 1. The van der Waals surface area contributed by atoms with Crippen LogP contribution < -0.4 is 5.32 Å². The molecule has 4 rings (SSSR count). The van der Waals surface area contributed by atoms with Crippen LogP contribution in [0.5, 0.6) is 0 Å². The summed E-state index contributed by atoms with van der Waals surface area (Å²) < 4.78 is 6.74. The van der Waals surface area contributed by atoms with Crippen molar-refractivity contribution in [3.63, 3.8) is 0 Å². The van der Waals surface area contributed by atoms with E-state index in [1.807, 2.05) is 37.3 Å². The van der Waals surface area contributed by atoms with Crippen molar-refractivity contribution in [2.75, 3.05) is 5.32 Å². The third-order valence-electron chi connectivity index (χ3n) is 4.12. The van der Waals surface area contributed by atoms with Gasteiger partial charge in [-0.25, -0.2) is 4.98 Å². The number of benzene rings is 3. The molecule has 0 saturated carbocycles. The second-order valence-corrected chi connectivity index (χ2v) is 7.38. The summed E-state index contributed by atoms with van der Waals surface area (Å²) in [5, 5.41) is 3.28. The number of fused-ring (bicyclic) bond motifs is 1. The highest BCUT2D eigenvalue weighted by Crippen LogP contribution is 2.31. The largest absolute Gasteiger partial charge is 0.436 e. The number of anilines is 1. The van der Waals surface area contributed by atoms with Crippen LogP contribution in [0.2, 0.25) is 5.02 Å². The molecule has 1 heterocycles. The molecule has 3 aromatic carbocycles. The van der Waals surface area contributed by atoms with Crippen LogP contribution in [0.1, 0.15) is 15.9 Å². The minimum Gasteiger partial charge on any atom is -0.436 e. The fourth-order valence-corrected chi connectivity index (χ4v) is 3.53. The highest BCUT2D eigenvalue weighted by atomic mass is 79.9. The molecule has 4 aromatic rings. The number of oxazole rings is 1. The van der Waals surface area contributed by atoms with Crippen molar-refractivity contribution < 1.29 is 9.21 Å². The van der Waals surface area contributed by atoms with Gasteiger partial charge in [-0.05, 0) is 70.9 Å². The molecule has 0 saturated heterocycles. The van der Waals surface area contributed by atoms with Crippen LogP contribution in [0.3, 0.4) is 0 Å². The van der Waals surface area contributed by atoms with E-state index in [9.17, 15) is 4.79 Å². The van der Waals surface area contributed by atoms with Crippen LogP contribution in [0.15, 0.2) is 69.6 Å². The molecule has 0 aliphatic heterocycles. The second-order valence-electron chi connectivity index (χ2n) is 6.12. The summed E-state index contributed by atoms with van der Waals surface area (Å²) in [5.41, 5.74) is 4.22. The van der Waals surface area contributed by atoms with Crippen molar-refractivity contribution in [3.8, 4) is 11.5 Å². The van der Waals surface area contributed by atoms with Gasteiger partial charge in [0.1, 0.15) is 5.52 Å². The summed E-state index contributed by atoms with van der Waals surface area (Å²) in [7, 11) is 0. The fraction of sp³-hybridized carbons (Fsp3) is 0.0476. The quantitative estimate of drug-likeness (QED) is 0.396. The Morgan fingerprint density at radius 3 is 2.70 bits per heavy atom. The molecule has 1 amide bonds. The number of nitrogens with zero attached hydrogens (tertiary/aromatic N) is 1. The van der Waals surface area contributed by atoms with Gasteiger partial charge in [0.05, 0.1) is 16.1 Å². The van der Waals surface area contributed by atoms with Crippen molar-refractivity contribution in [1.29, 1.82) is 0 Å². The normalized spacial score (nSPS) is 10.9. The van der Waals surface area contributed by atoms with Gasteiger partial charge < -0.3 is 9.73 Å². The lowest BCUT2D eigenvalue weighted by molar-refractivity contribution is 0.102. The average molecular weight is 442 g/mol. The van der Waals surface area contributed by atoms with Crippen LogP contribution in [0, 0.1) is 6.92 Å². The van der Waals surface area contributed by atoms with Crippen LogP contribution in [0.4, 0.5) is 5.69 Å². The van der Waals surface area contributed by atoms with Crippen molar-refractivity contribution in [2.24, 2.45) is 0 Å². The number of amides is 1. The van der Waals surface area contributed by atoms with Gasteiger partial charge in [-0.2, -0.15) is 0 Å². The first-order valence-corrected chi connectivity index (χ1v) is 9.41. The predicted molar refractivity (Wildman–Crippen MR) is 111 cm³/mol. The number of carbonyl (C=O) groups excluding carboxylic acids is 1. The Morgan fingerprint density at radius 2 is 1.93 bits per heavy atom. The molecule has 0 aliphatic rings. The van der Waals surface area contributed by atoms with E-state index in [0.717, 1.165) is 15.6 Å². The number of hydrogen-bond acceptors (Lipinski definition) is 3. The molecule has 0 spiro atoms. The lowest BCUT2D eigenvalue weighted by atomic mass is 10.1. The van der Waals surface area contributed by atoms with Crippen molar-refractivity contribution >= 4 is 50.2 Å². The molecule has 0 atom stereocenters. The molecular weight excluding hydrogens is 428 g/mol. The minimum absolute atomic E-state index is 0.270. The molecule has 27 heavy (non-hydrogen) atoms. The van der Waals surface area contributed by atoms with E-state index in [4.69, 9.17) is 16.0 Å². The number of hydrogen-bond donors (Lipinski definition) is 1. The molecule has 4 nitrogen and oxygen atoms in total. The van der Waals surface area contributed by atoms with E-state index in [-0.39, 0.29) is 5.91 Å². The summed E-state index contributed by atoms with van der Waals surface area (Å²) in [4.78, 5) is 17.0. The summed E-state index contributed by atoms with van der Waals surface area (Å²) in [5.74, 6) is 0.247. The molecule has 6 heteroatoms. The number of aromatic nitrogens is 1. The van der Waals surface area contributed by atoms with Gasteiger partial charge in [0.2, 0.25) is 5.89 Å². The van der Waals surface area contributed by atoms with E-state index >= 15 is 0 Å². The lowest BCUT2D eigenvalue weighted by Crippen LogP contribution is -2.12. The first kappa shape index (κ1) is 17.8. The van der Waals surface area contributed by atoms with E-state index < -0.39 is 0 Å². The third kappa shape index (κ3) is 3.61. The Bertz CT molecular complexity index is 1170. The number of nitrogens with one attached hydrogen (secondary N) is 1. The molecule has 0 bridgehead atoms. The highest BCUT2D eigenvalue weighted by molar-refractivity contribution is 9.10. The highest BCUT2D eigenvalue weighted by Gasteiger charge is 2.14. The van der Waals surface area contributed by atoms with Gasteiger partial charge in [-0.15, -0.1) is 0 Å². The maximum absolute atomic E-state index is 12.5. The molecular formula is C21H14BrClN2O2. The summed E-state index contributed by atoms with van der Waals surface area (Å²) in [6, 6.07) is 18.4. The smallest absolute Gasteiger partial charge is 0.257 e. The fourth-order valence-electron chi connectivity index (χ4n) is 2.76. The zero-order chi connectivity index (χ0) is 19.0. The first-order valence-electron chi connectivity index (χ1n) is 8.24. The molecule has 1 aromatic heterocycles. The summed E-state index contributed by atoms with van der Waals surface area (Å²) >= 11 is 9.68. The van der Waals surface area contributed by atoms with Gasteiger partial charge >= 0.3 is 0 Å². The number of rotatable bonds is 3. The maximum atomic E-state index is 12.5. The molecule has 0 aliphatic carbocycles. The Balaban J connectivity index is 1.64. The van der Waals surface area contributed by atoms with Crippen LogP contribution in [-0.4, -0.2) is 10.9 Å². The van der Waals surface area contributed by atoms with Crippen molar-refractivity contribution in [3.05, 3.63) is 81.3 Å². The third-order valence-corrected chi connectivity index (χ3v) is 5.12. The van der Waals surface area contributed by atoms with Crippen molar-refractivity contribution in [1.82, 2.24) is 4.98 Å². The van der Waals surface area contributed by atoms with E-state index in [1.165, 1.54) is 0 Å². The second kappa shape index (κ2) is 7.18. The van der Waals surface area contributed by atoms with Crippen LogP contribution in [0.25, 0.3) is 22.6 Å². The van der Waals surface area contributed by atoms with E-state index in [1.54, 1.807) is 30.3 Å². The minimum atomic E-state index is -0.270. The van der Waals surface area contributed by atoms with Gasteiger partial charge in [-0.3, -0.25) is 4.79 Å². The molecule has 0 radical (unpaired) electrons. The van der Waals surface area contributed by atoms with Crippen LogP contribution >= 0.6 is 27.5 Å². The summed E-state index contributed by atoms with van der Waals surface area (Å²) in [6.45, 7) is 1.93. The Morgan fingerprint density at radius 1 is 1.11 bits per heavy atom. The van der Waals surface area contributed by atoms with Gasteiger partial charge in [0, 0.05) is 10.2 Å². The van der Waals surface area contributed by atoms with Crippen LogP contribution in [-0.2, 0) is 0 Å². The van der Waals surface area contributed by atoms with E-state index in [0.29, 0.717) is 33.3 Å². The molecule has 0 unspecified atom stereocenters. The van der Waals surface area contributed by atoms with Gasteiger partial charge in [-0.1, -0.05) is 29.8 Å². The zero-order valence-corrected chi connectivity index (χ0v) is 16.6. The molecule has 134 valence electrons. The molecule has 1 N–H and O–H groups in total. The predicted octanol–water partition coefficient (Wildman–Crippen LogP) is 6.47. The van der Waals surface area contributed by atoms with E-state index in [2.05, 4.69) is 26.2 Å². The summed E-state index contributed by atoms with van der Waals surface area (Å²) in [6.07, 6.45) is 0. The SMILES string of the molecule is Cc1ccc(C(=O)Nc2ccc3oc(-c4ccccc4Br)nc3c2)c(Cl)c1. The topological polar surface area (TPSA) is 55.1 Å². The first-order chi connectivity index (χ1) is 13.0. The van der Waals surface area contributed by atoms with Crippen molar-refractivity contribution in [2.45, 2.75) is 6.92 Å². The molecule has 0 fully saturated rings. The Kier molecular flexibility index (Phi) is 4.72. The number of aryl methyl sites for hydroxylation is 1. The standard InChI is InChI=1S/C21H14BrClN2O2/c1-12-6-8-15(17(23)10-12)20(26)24-13-7-9-19-18(11-13)25-21(27-19)14-4-2-3-5-16(14)22/h2-11H,1H3,(H,24,26). The lowest BCUT2D eigenvalue weighted by Gasteiger charge is -2.07. The van der Waals surface area contributed by atoms with Gasteiger partial charge in [0.15, 0.2) is 5.58 Å². The Labute approximate surface area is 169 Å². The van der Waals surface area contributed by atoms with Gasteiger partial charge in [0.25, 0.3) is 5.91 Å². The monoisotopic (exact) mass is 440 g/mol. The zero-order valence-electron chi connectivity index (χ0n) is 14.3.